The molecule has 0 radical (unpaired) electrons. The number of benzene rings is 2. The summed E-state index contributed by atoms with van der Waals surface area (Å²) in [7, 11) is 0. The fourth-order valence-corrected chi connectivity index (χ4v) is 3.07. The van der Waals surface area contributed by atoms with Gasteiger partial charge in [-0.1, -0.05) is 52.0 Å². The van der Waals surface area contributed by atoms with Gasteiger partial charge in [0.05, 0.1) is 0 Å². The number of fused-ring (bicyclic) bond motifs is 1. The Labute approximate surface area is 175 Å². The van der Waals surface area contributed by atoms with Gasteiger partial charge in [0.15, 0.2) is 0 Å². The Morgan fingerprint density at radius 3 is 2.44 bits per heavy atom. The first-order valence-corrected chi connectivity index (χ1v) is 8.24. The van der Waals surface area contributed by atoms with Crippen LogP contribution in [0.5, 0.6) is 5.75 Å². The van der Waals surface area contributed by atoms with Crippen LogP contribution >= 0.6 is 15.9 Å². The average Bonchev–Trinajstić information content (AvgIpc) is 2.54. The number of hydrogen-bond acceptors (Lipinski definition) is 4. The number of carbonyl (C=O) groups excluding carboxylic acids is 1. The van der Waals surface area contributed by atoms with Crippen LogP contribution in [0.25, 0.3) is 11.0 Å². The summed E-state index contributed by atoms with van der Waals surface area (Å²) in [5, 5.41) is 13.2. The molecule has 1 heterocycles. The van der Waals surface area contributed by atoms with E-state index in [0.29, 0.717) is 5.39 Å². The van der Waals surface area contributed by atoms with Crippen LogP contribution in [0.1, 0.15) is 30.4 Å². The van der Waals surface area contributed by atoms with Crippen molar-refractivity contribution in [2.24, 2.45) is 0 Å². The van der Waals surface area contributed by atoms with E-state index in [2.05, 4.69) is 15.9 Å². The van der Waals surface area contributed by atoms with Crippen molar-refractivity contribution >= 4 is 32.7 Å². The second kappa shape index (κ2) is 8.32. The second-order valence-electron chi connectivity index (χ2n) is 5.64. The Balaban J connectivity index is 0.00000225. The van der Waals surface area contributed by atoms with Crippen molar-refractivity contribution in [1.29, 1.82) is 0 Å². The van der Waals surface area contributed by atoms with Gasteiger partial charge in [-0.2, -0.15) is 0 Å². The molecule has 122 valence electrons. The van der Waals surface area contributed by atoms with Gasteiger partial charge in [-0.3, -0.25) is 4.79 Å². The van der Waals surface area contributed by atoms with Gasteiger partial charge < -0.3 is 9.52 Å². The van der Waals surface area contributed by atoms with Crippen LogP contribution in [-0.4, -0.2) is 5.78 Å². The van der Waals surface area contributed by atoms with Crippen LogP contribution < -0.4 is 40.3 Å². The van der Waals surface area contributed by atoms with Gasteiger partial charge in [-0.15, -0.1) is 0 Å². The van der Waals surface area contributed by atoms with E-state index < -0.39 is 11.5 Å². The van der Waals surface area contributed by atoms with Crippen LogP contribution in [0.3, 0.4) is 0 Å². The van der Waals surface area contributed by atoms with E-state index in [1.165, 1.54) is 6.92 Å². The molecule has 1 unspecified atom stereocenters. The predicted molar refractivity (Wildman–Crippen MR) is 93.2 cm³/mol. The summed E-state index contributed by atoms with van der Waals surface area (Å²) in [5.41, 5.74) is 0.306. The molecule has 6 heteroatoms. The molecule has 0 N–H and O–H groups in total. The number of para-hydroxylation sites is 1. The van der Waals surface area contributed by atoms with E-state index >= 15 is 0 Å². The van der Waals surface area contributed by atoms with E-state index in [4.69, 9.17) is 4.42 Å². The normalized spacial score (nSPS) is 11.8. The number of halogens is 1. The van der Waals surface area contributed by atoms with Gasteiger partial charge in [0.1, 0.15) is 11.4 Å². The zero-order valence-corrected chi connectivity index (χ0v) is 17.5. The summed E-state index contributed by atoms with van der Waals surface area (Å²) < 4.78 is 6.18. The maximum Gasteiger partial charge on any atom is 1.00 e. The molecule has 2 aromatic carbocycles. The number of rotatable bonds is 4. The topological polar surface area (TPSA) is 70.3 Å². The number of hydrogen-bond donors (Lipinski definition) is 0. The molecule has 3 rings (SSSR count). The molecule has 0 aliphatic carbocycles. The fraction of sp³-hybridized carbons (Fsp3) is 0.158. The summed E-state index contributed by atoms with van der Waals surface area (Å²) in [6.07, 6.45) is 0.0694. The van der Waals surface area contributed by atoms with Crippen LogP contribution in [0.2, 0.25) is 0 Å². The molecule has 0 spiro atoms. The van der Waals surface area contributed by atoms with Crippen LogP contribution in [-0.2, 0) is 4.79 Å². The van der Waals surface area contributed by atoms with Crippen molar-refractivity contribution in [3.8, 4) is 5.75 Å². The third kappa shape index (κ3) is 4.23. The minimum Gasteiger partial charge on any atom is -0.872 e. The van der Waals surface area contributed by atoms with Gasteiger partial charge >= 0.3 is 35.2 Å². The Hall–Kier alpha value is -1.40. The van der Waals surface area contributed by atoms with E-state index in [1.807, 2.05) is 12.1 Å². The quantitative estimate of drug-likeness (QED) is 0.471. The van der Waals surface area contributed by atoms with Gasteiger partial charge in [-0.05, 0) is 30.7 Å². The molecule has 1 aromatic heterocycles. The average molecular weight is 409 g/mol. The molecule has 0 aliphatic heterocycles. The van der Waals surface area contributed by atoms with Gasteiger partial charge in [-0.25, -0.2) is 4.79 Å². The first-order chi connectivity index (χ1) is 11.5. The Morgan fingerprint density at radius 1 is 1.16 bits per heavy atom. The third-order valence-electron chi connectivity index (χ3n) is 3.91. The monoisotopic (exact) mass is 408 g/mol. The van der Waals surface area contributed by atoms with Crippen molar-refractivity contribution in [1.82, 2.24) is 0 Å². The summed E-state index contributed by atoms with van der Waals surface area (Å²) >= 11 is 3.35. The molecule has 0 aliphatic rings. The molecule has 0 amide bonds. The van der Waals surface area contributed by atoms with Crippen molar-refractivity contribution in [3.63, 3.8) is 0 Å². The van der Waals surface area contributed by atoms with Crippen molar-refractivity contribution < 1.29 is 43.9 Å². The Bertz CT molecular complexity index is 963. The number of Topliss-reactive ketones (excluding diaryl/α,β-unsaturated/α-hetero) is 1. The number of ketones is 1. The summed E-state index contributed by atoms with van der Waals surface area (Å²) in [4.78, 5) is 24.1. The van der Waals surface area contributed by atoms with Gasteiger partial charge in [0.2, 0.25) is 0 Å². The zero-order chi connectivity index (χ0) is 17.3. The number of carbonyl (C=O) groups is 1. The van der Waals surface area contributed by atoms with Gasteiger partial charge in [0, 0.05) is 27.8 Å². The summed E-state index contributed by atoms with van der Waals surface area (Å²) in [5.74, 6) is -1.10. The molecule has 1 atom stereocenters. The Morgan fingerprint density at radius 2 is 1.80 bits per heavy atom. The molecular weight excluding hydrogens is 395 g/mol. The van der Waals surface area contributed by atoms with Crippen LogP contribution in [0, 0.1) is 0 Å². The predicted octanol–water partition coefficient (Wildman–Crippen LogP) is 0.744. The fourth-order valence-electron chi connectivity index (χ4n) is 2.81. The molecule has 4 nitrogen and oxygen atoms in total. The van der Waals surface area contributed by atoms with Gasteiger partial charge in [0.25, 0.3) is 0 Å². The zero-order valence-electron chi connectivity index (χ0n) is 13.9. The van der Waals surface area contributed by atoms with Crippen molar-refractivity contribution in [2.45, 2.75) is 19.3 Å². The SMILES string of the molecule is CC(=O)CC(c1ccc(Br)cc1)c1c([O-])c2ccccc2oc1=O.[Na+]. The first-order valence-electron chi connectivity index (χ1n) is 7.45. The minimum absolute atomic E-state index is 0. The van der Waals surface area contributed by atoms with E-state index in [1.54, 1.807) is 36.4 Å². The summed E-state index contributed by atoms with van der Waals surface area (Å²) in [6, 6.07) is 13.8. The van der Waals surface area contributed by atoms with E-state index in [-0.39, 0.29) is 58.7 Å². The first kappa shape index (κ1) is 19.9. The van der Waals surface area contributed by atoms with E-state index in [9.17, 15) is 14.7 Å². The molecule has 0 saturated heterocycles. The van der Waals surface area contributed by atoms with Crippen LogP contribution in [0.15, 0.2) is 62.2 Å². The maximum absolute atomic E-state index is 12.8. The van der Waals surface area contributed by atoms with E-state index in [0.717, 1.165) is 10.0 Å². The molecule has 0 fully saturated rings. The maximum atomic E-state index is 12.8. The third-order valence-corrected chi connectivity index (χ3v) is 4.44. The molecule has 0 saturated carbocycles. The minimum atomic E-state index is -0.687. The molecule has 3 aromatic rings. The molecule has 0 bridgehead atoms. The Kier molecular flexibility index (Phi) is 6.63. The molecular formula is C19H14BrNaO4. The standard InChI is InChI=1S/C19H15BrO4.Na/c1-11(21)10-15(12-6-8-13(20)9-7-12)17-18(22)14-4-2-3-5-16(14)24-19(17)23;/h2-9,15,22H,10H2,1H3;/q;+1/p-1. The summed E-state index contributed by atoms with van der Waals surface area (Å²) in [6.45, 7) is 1.44. The van der Waals surface area contributed by atoms with Crippen LogP contribution in [0.4, 0.5) is 0 Å². The molecule has 25 heavy (non-hydrogen) atoms. The van der Waals surface area contributed by atoms with Crippen molar-refractivity contribution in [3.05, 3.63) is 74.6 Å². The second-order valence-corrected chi connectivity index (χ2v) is 6.55. The largest absolute Gasteiger partial charge is 1.00 e. The smallest absolute Gasteiger partial charge is 0.872 e. The van der Waals surface area contributed by atoms with Crippen molar-refractivity contribution in [2.75, 3.05) is 0 Å².